The molecule has 0 N–H and O–H groups in total. The van der Waals surface area contributed by atoms with Crippen LogP contribution in [0.5, 0.6) is 0 Å². The van der Waals surface area contributed by atoms with Gasteiger partial charge in [-0.2, -0.15) is 0 Å². The summed E-state index contributed by atoms with van der Waals surface area (Å²) in [5, 5.41) is -0.0761. The summed E-state index contributed by atoms with van der Waals surface area (Å²) in [6.45, 7) is 8.65. The average Bonchev–Trinajstić information content (AvgIpc) is 3.15. The highest BCUT2D eigenvalue weighted by Crippen LogP contribution is 2.37. The summed E-state index contributed by atoms with van der Waals surface area (Å²) in [5.74, 6) is 0.512. The molecule has 1 saturated heterocycles. The lowest BCUT2D eigenvalue weighted by molar-refractivity contribution is 0.102. The number of carbonyl (C=O) groups excluding carboxylic acids is 1. The molecule has 7 nitrogen and oxygen atoms in total. The number of benzene rings is 1. The summed E-state index contributed by atoms with van der Waals surface area (Å²) in [6, 6.07) is 16.6. The Morgan fingerprint density at radius 3 is 2.58 bits per heavy atom. The first-order valence-electron chi connectivity index (χ1n) is 12.4. The normalized spacial score (nSPS) is 19.2. The first-order chi connectivity index (χ1) is 17.1. The third-order valence-corrected chi connectivity index (χ3v) is 8.73. The number of fused-ring (bicyclic) bond motifs is 1. The van der Waals surface area contributed by atoms with E-state index in [1.54, 1.807) is 24.4 Å². The van der Waals surface area contributed by atoms with Crippen molar-refractivity contribution in [1.29, 1.82) is 0 Å². The van der Waals surface area contributed by atoms with Crippen molar-refractivity contribution >= 4 is 27.3 Å². The van der Waals surface area contributed by atoms with Crippen molar-refractivity contribution in [2.45, 2.75) is 50.7 Å². The van der Waals surface area contributed by atoms with E-state index >= 15 is 0 Å². The minimum atomic E-state index is -3.94. The van der Waals surface area contributed by atoms with Crippen LogP contribution in [0.15, 0.2) is 65.8 Å². The zero-order chi connectivity index (χ0) is 25.5. The number of anilines is 2. The van der Waals surface area contributed by atoms with Crippen LogP contribution in [0, 0.1) is 5.92 Å². The van der Waals surface area contributed by atoms with E-state index in [0.717, 1.165) is 25.9 Å². The molecule has 8 heteroatoms. The van der Waals surface area contributed by atoms with Gasteiger partial charge in [0.05, 0.1) is 5.56 Å². The third-order valence-electron chi connectivity index (χ3n) is 7.22. The minimum absolute atomic E-state index is 0.0761. The van der Waals surface area contributed by atoms with Crippen molar-refractivity contribution in [1.82, 2.24) is 9.97 Å². The Bertz CT molecular complexity index is 1400. The molecule has 1 unspecified atom stereocenters. The van der Waals surface area contributed by atoms with E-state index in [2.05, 4.69) is 52.7 Å². The number of hydrogen-bond acceptors (Lipinski definition) is 7. The van der Waals surface area contributed by atoms with Gasteiger partial charge in [0.15, 0.2) is 10.8 Å². The van der Waals surface area contributed by atoms with Gasteiger partial charge in [-0.05, 0) is 68.0 Å². The molecule has 1 fully saturated rings. The number of aromatic nitrogens is 2. The molecule has 1 atom stereocenters. The van der Waals surface area contributed by atoms with Crippen LogP contribution >= 0.6 is 0 Å². The van der Waals surface area contributed by atoms with Crippen LogP contribution < -0.4 is 9.80 Å². The fraction of sp³-hybridized carbons (Fsp3) is 0.393. The fourth-order valence-corrected chi connectivity index (χ4v) is 6.73. The van der Waals surface area contributed by atoms with Crippen molar-refractivity contribution in [3.05, 3.63) is 77.5 Å². The summed E-state index contributed by atoms with van der Waals surface area (Å²) < 4.78 is 26.7. The Labute approximate surface area is 213 Å². The molecule has 188 valence electrons. The predicted octanol–water partition coefficient (Wildman–Crippen LogP) is 4.32. The number of Topliss-reactive ketones (excluding diaryl/α,β-unsaturated/α-hetero) is 1. The van der Waals surface area contributed by atoms with Gasteiger partial charge >= 0.3 is 0 Å². The monoisotopic (exact) mass is 504 g/mol. The number of hydrogen-bond donors (Lipinski definition) is 0. The standard InChI is InChI=1S/C28H32N4O3S/c1-20-16-28(2,3)32(17-20)27-23(10-7-14-29-27)24(33)19-36(34,35)26-12-6-11-25(30-26)31-15-13-21-8-4-5-9-22(21)18-31/h4-12,14,20H,13,15-19H2,1-3H3. The molecule has 2 aliphatic heterocycles. The molecule has 0 spiro atoms. The van der Waals surface area contributed by atoms with Crippen molar-refractivity contribution in [2.24, 2.45) is 5.92 Å². The molecule has 4 heterocycles. The summed E-state index contributed by atoms with van der Waals surface area (Å²) in [6.07, 6.45) is 3.51. The Kier molecular flexibility index (Phi) is 6.32. The number of ketones is 1. The molecule has 0 radical (unpaired) electrons. The fourth-order valence-electron chi connectivity index (χ4n) is 5.56. The Morgan fingerprint density at radius 2 is 1.83 bits per heavy atom. The minimum Gasteiger partial charge on any atom is -0.352 e. The van der Waals surface area contributed by atoms with E-state index in [0.29, 0.717) is 29.7 Å². The summed E-state index contributed by atoms with van der Waals surface area (Å²) in [4.78, 5) is 26.5. The zero-order valence-corrected chi connectivity index (χ0v) is 21.8. The maximum absolute atomic E-state index is 13.3. The summed E-state index contributed by atoms with van der Waals surface area (Å²) >= 11 is 0. The molecule has 0 bridgehead atoms. The molecular formula is C28H32N4O3S. The highest BCUT2D eigenvalue weighted by molar-refractivity contribution is 7.92. The van der Waals surface area contributed by atoms with Crippen molar-refractivity contribution in [3.8, 4) is 0 Å². The topological polar surface area (TPSA) is 83.5 Å². The first-order valence-corrected chi connectivity index (χ1v) is 14.1. The second-order valence-electron chi connectivity index (χ2n) is 10.6. The maximum atomic E-state index is 13.3. The van der Waals surface area contributed by atoms with E-state index in [-0.39, 0.29) is 10.6 Å². The average molecular weight is 505 g/mol. The number of sulfone groups is 1. The highest BCUT2D eigenvalue weighted by atomic mass is 32.2. The number of nitrogens with zero attached hydrogens (tertiary/aromatic N) is 4. The van der Waals surface area contributed by atoms with Gasteiger partial charge in [-0.15, -0.1) is 0 Å². The molecule has 0 aliphatic carbocycles. The molecular weight excluding hydrogens is 472 g/mol. The van der Waals surface area contributed by atoms with Gasteiger partial charge in [0.25, 0.3) is 0 Å². The van der Waals surface area contributed by atoms with Crippen LogP contribution in [0.3, 0.4) is 0 Å². The predicted molar refractivity (Wildman–Crippen MR) is 141 cm³/mol. The van der Waals surface area contributed by atoms with Crippen LogP contribution in [-0.2, 0) is 22.8 Å². The van der Waals surface area contributed by atoms with E-state index in [1.807, 2.05) is 18.2 Å². The number of rotatable bonds is 6. The van der Waals surface area contributed by atoms with Gasteiger partial charge in [0, 0.05) is 31.4 Å². The van der Waals surface area contributed by atoms with E-state index in [4.69, 9.17) is 0 Å². The van der Waals surface area contributed by atoms with Crippen LogP contribution in [0.2, 0.25) is 0 Å². The lowest BCUT2D eigenvalue weighted by atomic mass is 9.97. The van der Waals surface area contributed by atoms with Crippen molar-refractivity contribution in [2.75, 3.05) is 28.6 Å². The van der Waals surface area contributed by atoms with E-state index in [1.165, 1.54) is 17.2 Å². The largest absolute Gasteiger partial charge is 0.352 e. The van der Waals surface area contributed by atoms with Gasteiger partial charge < -0.3 is 9.80 Å². The van der Waals surface area contributed by atoms with Crippen LogP contribution in [0.1, 0.15) is 48.7 Å². The second kappa shape index (κ2) is 9.32. The Balaban J connectivity index is 1.38. The first kappa shape index (κ1) is 24.4. The van der Waals surface area contributed by atoms with Gasteiger partial charge in [0.2, 0.25) is 9.84 Å². The molecule has 2 aromatic heterocycles. The molecule has 0 amide bonds. The SMILES string of the molecule is CC1CN(c2ncccc2C(=O)CS(=O)(=O)c2cccc(N3CCc4ccccc4C3)n2)C(C)(C)C1. The van der Waals surface area contributed by atoms with Crippen LogP contribution in [0.25, 0.3) is 0 Å². The zero-order valence-electron chi connectivity index (χ0n) is 21.0. The van der Waals surface area contributed by atoms with Crippen LogP contribution in [0.4, 0.5) is 11.6 Å². The summed E-state index contributed by atoms with van der Waals surface area (Å²) in [5.41, 5.74) is 2.71. The molecule has 0 saturated carbocycles. The Morgan fingerprint density at radius 1 is 1.06 bits per heavy atom. The van der Waals surface area contributed by atoms with Gasteiger partial charge in [0.1, 0.15) is 17.4 Å². The molecule has 3 aromatic rings. The Hall–Kier alpha value is -3.26. The van der Waals surface area contributed by atoms with Crippen LogP contribution in [-0.4, -0.2) is 48.6 Å². The maximum Gasteiger partial charge on any atom is 0.203 e. The lowest BCUT2D eigenvalue weighted by Crippen LogP contribution is -2.40. The smallest absolute Gasteiger partial charge is 0.203 e. The van der Waals surface area contributed by atoms with E-state index < -0.39 is 21.4 Å². The van der Waals surface area contributed by atoms with Crippen molar-refractivity contribution < 1.29 is 13.2 Å². The van der Waals surface area contributed by atoms with E-state index in [9.17, 15) is 13.2 Å². The number of carbonyl (C=O) groups is 1. The molecule has 1 aromatic carbocycles. The highest BCUT2D eigenvalue weighted by Gasteiger charge is 2.39. The molecule has 36 heavy (non-hydrogen) atoms. The van der Waals surface area contributed by atoms with Gasteiger partial charge in [-0.1, -0.05) is 37.3 Å². The summed E-state index contributed by atoms with van der Waals surface area (Å²) in [7, 11) is -3.94. The van der Waals surface area contributed by atoms with Gasteiger partial charge in [-0.25, -0.2) is 18.4 Å². The quantitative estimate of drug-likeness (QED) is 0.462. The van der Waals surface area contributed by atoms with Crippen molar-refractivity contribution in [3.63, 3.8) is 0 Å². The van der Waals surface area contributed by atoms with Gasteiger partial charge in [-0.3, -0.25) is 4.79 Å². The number of pyridine rings is 2. The molecule has 5 rings (SSSR count). The lowest BCUT2D eigenvalue weighted by Gasteiger charge is -2.33. The third kappa shape index (κ3) is 4.74. The molecule has 2 aliphatic rings. The second-order valence-corrected chi connectivity index (χ2v) is 12.5.